The number of amides is 1. The SMILES string of the molecule is CC(=O)c1cccc(OCCCC(=O)NCC2(C(=O)O)CCOCC2)c1. The molecule has 1 aromatic carbocycles. The van der Waals surface area contributed by atoms with Crippen molar-refractivity contribution in [3.63, 3.8) is 0 Å². The molecule has 0 spiro atoms. The van der Waals surface area contributed by atoms with Crippen LogP contribution in [0.25, 0.3) is 0 Å². The molecule has 1 aliphatic heterocycles. The number of carbonyl (C=O) groups is 3. The van der Waals surface area contributed by atoms with Crippen molar-refractivity contribution in [2.45, 2.75) is 32.6 Å². The summed E-state index contributed by atoms with van der Waals surface area (Å²) in [5.41, 5.74) is -0.354. The minimum atomic E-state index is -0.933. The summed E-state index contributed by atoms with van der Waals surface area (Å²) in [6, 6.07) is 6.90. The Morgan fingerprint density at radius 2 is 2.00 bits per heavy atom. The van der Waals surface area contributed by atoms with Crippen molar-refractivity contribution >= 4 is 17.7 Å². The van der Waals surface area contributed by atoms with Crippen LogP contribution in [0, 0.1) is 5.41 Å². The van der Waals surface area contributed by atoms with Crippen molar-refractivity contribution in [2.75, 3.05) is 26.4 Å². The maximum atomic E-state index is 12.0. The molecule has 142 valence electrons. The van der Waals surface area contributed by atoms with Gasteiger partial charge in [-0.1, -0.05) is 12.1 Å². The van der Waals surface area contributed by atoms with E-state index < -0.39 is 11.4 Å². The molecule has 0 radical (unpaired) electrons. The van der Waals surface area contributed by atoms with Gasteiger partial charge in [0.25, 0.3) is 0 Å². The molecule has 1 fully saturated rings. The van der Waals surface area contributed by atoms with Crippen LogP contribution in [-0.4, -0.2) is 49.1 Å². The monoisotopic (exact) mass is 363 g/mol. The lowest BCUT2D eigenvalue weighted by Crippen LogP contribution is -2.46. The Morgan fingerprint density at radius 1 is 1.27 bits per heavy atom. The van der Waals surface area contributed by atoms with Gasteiger partial charge in [-0.3, -0.25) is 14.4 Å². The average molecular weight is 363 g/mol. The van der Waals surface area contributed by atoms with E-state index in [1.807, 2.05) is 0 Å². The number of benzene rings is 1. The van der Waals surface area contributed by atoms with E-state index in [9.17, 15) is 19.5 Å². The Kier molecular flexibility index (Phi) is 7.15. The number of carbonyl (C=O) groups excluding carboxylic acids is 2. The maximum Gasteiger partial charge on any atom is 0.311 e. The second kappa shape index (κ2) is 9.33. The summed E-state index contributed by atoms with van der Waals surface area (Å²) in [4.78, 5) is 34.8. The fourth-order valence-corrected chi connectivity index (χ4v) is 2.81. The average Bonchev–Trinajstić information content (AvgIpc) is 2.64. The molecule has 1 saturated heterocycles. The van der Waals surface area contributed by atoms with Crippen molar-refractivity contribution in [2.24, 2.45) is 5.41 Å². The van der Waals surface area contributed by atoms with Gasteiger partial charge >= 0.3 is 5.97 Å². The standard InChI is InChI=1S/C19H25NO6/c1-14(21)15-4-2-5-16(12-15)26-9-3-6-17(22)20-13-19(18(23)24)7-10-25-11-8-19/h2,4-5,12H,3,6-11,13H2,1H3,(H,20,22)(H,23,24). The quantitative estimate of drug-likeness (QED) is 0.514. The smallest absolute Gasteiger partial charge is 0.311 e. The fraction of sp³-hybridized carbons (Fsp3) is 0.526. The molecular formula is C19H25NO6. The predicted molar refractivity (Wildman–Crippen MR) is 94.3 cm³/mol. The van der Waals surface area contributed by atoms with E-state index in [2.05, 4.69) is 5.32 Å². The van der Waals surface area contributed by atoms with E-state index in [1.54, 1.807) is 24.3 Å². The Bertz CT molecular complexity index is 651. The van der Waals surface area contributed by atoms with Gasteiger partial charge in [-0.25, -0.2) is 0 Å². The molecule has 7 nitrogen and oxygen atoms in total. The molecular weight excluding hydrogens is 338 g/mol. The first-order chi connectivity index (χ1) is 12.4. The van der Waals surface area contributed by atoms with Gasteiger partial charge in [-0.05, 0) is 38.3 Å². The van der Waals surface area contributed by atoms with E-state index in [-0.39, 0.29) is 24.7 Å². The molecule has 0 atom stereocenters. The normalized spacial score (nSPS) is 15.9. The van der Waals surface area contributed by atoms with Crippen LogP contribution in [0.4, 0.5) is 0 Å². The second-order valence-electron chi connectivity index (χ2n) is 6.51. The number of carboxylic acids is 1. The Morgan fingerprint density at radius 3 is 2.65 bits per heavy atom. The second-order valence-corrected chi connectivity index (χ2v) is 6.51. The first-order valence-electron chi connectivity index (χ1n) is 8.75. The van der Waals surface area contributed by atoms with Crippen LogP contribution in [0.1, 0.15) is 43.0 Å². The van der Waals surface area contributed by atoms with Gasteiger partial charge in [0.15, 0.2) is 5.78 Å². The molecule has 1 heterocycles. The lowest BCUT2D eigenvalue weighted by molar-refractivity contribution is -0.154. The molecule has 0 unspecified atom stereocenters. The summed E-state index contributed by atoms with van der Waals surface area (Å²) in [5.74, 6) is -0.534. The van der Waals surface area contributed by atoms with Gasteiger partial charge in [0.1, 0.15) is 5.75 Å². The predicted octanol–water partition coefficient (Wildman–Crippen LogP) is 2.05. The number of Topliss-reactive ketones (excluding diaryl/α,β-unsaturated/α-hetero) is 1. The van der Waals surface area contributed by atoms with Crippen LogP contribution in [0.5, 0.6) is 5.75 Å². The molecule has 0 saturated carbocycles. The number of ketones is 1. The number of hydrogen-bond acceptors (Lipinski definition) is 5. The summed E-state index contributed by atoms with van der Waals surface area (Å²) < 4.78 is 10.8. The molecule has 1 aromatic rings. The van der Waals surface area contributed by atoms with Gasteiger partial charge in [-0.15, -0.1) is 0 Å². The molecule has 0 bridgehead atoms. The van der Waals surface area contributed by atoms with Crippen LogP contribution in [0.15, 0.2) is 24.3 Å². The van der Waals surface area contributed by atoms with E-state index in [4.69, 9.17) is 9.47 Å². The third-order valence-corrected chi connectivity index (χ3v) is 4.58. The van der Waals surface area contributed by atoms with E-state index in [1.165, 1.54) is 6.92 Å². The highest BCUT2D eigenvalue weighted by molar-refractivity contribution is 5.94. The fourth-order valence-electron chi connectivity index (χ4n) is 2.81. The summed E-state index contributed by atoms with van der Waals surface area (Å²) >= 11 is 0. The van der Waals surface area contributed by atoms with Gasteiger partial charge in [-0.2, -0.15) is 0 Å². The van der Waals surface area contributed by atoms with Crippen LogP contribution in [0.2, 0.25) is 0 Å². The Balaban J connectivity index is 1.71. The summed E-state index contributed by atoms with van der Waals surface area (Å²) in [6.07, 6.45) is 1.55. The number of rotatable bonds is 9. The minimum absolute atomic E-state index is 0.0321. The highest BCUT2D eigenvalue weighted by Gasteiger charge is 2.40. The zero-order valence-corrected chi connectivity index (χ0v) is 15.0. The number of carboxylic acid groups (broad SMARTS) is 1. The van der Waals surface area contributed by atoms with Crippen LogP contribution < -0.4 is 10.1 Å². The van der Waals surface area contributed by atoms with Gasteiger partial charge < -0.3 is 19.9 Å². The van der Waals surface area contributed by atoms with Crippen LogP contribution in [-0.2, 0) is 14.3 Å². The first-order valence-corrected chi connectivity index (χ1v) is 8.75. The zero-order valence-electron chi connectivity index (χ0n) is 15.0. The molecule has 26 heavy (non-hydrogen) atoms. The van der Waals surface area contributed by atoms with Crippen molar-refractivity contribution in [1.29, 1.82) is 0 Å². The lowest BCUT2D eigenvalue weighted by Gasteiger charge is -2.33. The van der Waals surface area contributed by atoms with Crippen molar-refractivity contribution in [3.8, 4) is 5.75 Å². The first kappa shape index (κ1) is 19.9. The topological polar surface area (TPSA) is 102 Å². The molecule has 2 N–H and O–H groups in total. The molecule has 7 heteroatoms. The summed E-state index contributed by atoms with van der Waals surface area (Å²) in [7, 11) is 0. The lowest BCUT2D eigenvalue weighted by atomic mass is 9.80. The van der Waals surface area contributed by atoms with Gasteiger partial charge in [0, 0.05) is 31.7 Å². The number of aliphatic carboxylic acids is 1. The third-order valence-electron chi connectivity index (χ3n) is 4.58. The molecule has 0 aliphatic carbocycles. The van der Waals surface area contributed by atoms with Gasteiger partial charge in [0.2, 0.25) is 5.91 Å². The highest BCUT2D eigenvalue weighted by Crippen LogP contribution is 2.30. The van der Waals surface area contributed by atoms with Crippen molar-refractivity contribution < 1.29 is 29.0 Å². The van der Waals surface area contributed by atoms with Crippen LogP contribution in [0.3, 0.4) is 0 Å². The zero-order chi connectivity index (χ0) is 19.0. The van der Waals surface area contributed by atoms with Crippen LogP contribution >= 0.6 is 0 Å². The molecule has 2 rings (SSSR count). The highest BCUT2D eigenvalue weighted by atomic mass is 16.5. The number of ether oxygens (including phenoxy) is 2. The number of nitrogens with one attached hydrogen (secondary N) is 1. The molecule has 0 aromatic heterocycles. The van der Waals surface area contributed by atoms with E-state index >= 15 is 0 Å². The third kappa shape index (κ3) is 5.56. The Labute approximate surface area is 152 Å². The minimum Gasteiger partial charge on any atom is -0.494 e. The van der Waals surface area contributed by atoms with E-state index in [0.29, 0.717) is 50.4 Å². The van der Waals surface area contributed by atoms with Crippen molar-refractivity contribution in [1.82, 2.24) is 5.32 Å². The number of hydrogen-bond donors (Lipinski definition) is 2. The van der Waals surface area contributed by atoms with Gasteiger partial charge in [0.05, 0.1) is 12.0 Å². The van der Waals surface area contributed by atoms with E-state index in [0.717, 1.165) is 0 Å². The molecule has 1 aliphatic rings. The van der Waals surface area contributed by atoms with Crippen molar-refractivity contribution in [3.05, 3.63) is 29.8 Å². The summed E-state index contributed by atoms with van der Waals surface area (Å²) in [5, 5.41) is 12.2. The largest absolute Gasteiger partial charge is 0.494 e. The Hall–Kier alpha value is -2.41. The maximum absolute atomic E-state index is 12.0. The summed E-state index contributed by atoms with van der Waals surface area (Å²) in [6.45, 7) is 2.75. The molecule has 1 amide bonds.